The Bertz CT molecular complexity index is 650. The van der Waals surface area contributed by atoms with E-state index in [1.807, 2.05) is 6.92 Å². The van der Waals surface area contributed by atoms with Crippen LogP contribution >= 0.6 is 0 Å². The van der Waals surface area contributed by atoms with Crippen molar-refractivity contribution in [2.24, 2.45) is 0 Å². The standard InChI is InChI=1S/C20H29N5/c1-3-24-12-14-25(15-13-24)20-16-19(22-17(2)23-20)21-11-7-10-18-8-5-4-6-9-18/h4-6,8-9,16H,3,7,10-15H2,1-2H3,(H,21,22,23). The second-order valence-electron chi connectivity index (χ2n) is 6.60. The quantitative estimate of drug-likeness (QED) is 0.786. The summed E-state index contributed by atoms with van der Waals surface area (Å²) < 4.78 is 0. The van der Waals surface area contributed by atoms with Gasteiger partial charge in [0, 0.05) is 38.8 Å². The van der Waals surface area contributed by atoms with Crippen LogP contribution in [0.2, 0.25) is 0 Å². The Labute approximate surface area is 151 Å². The Hall–Kier alpha value is -2.14. The normalized spacial score (nSPS) is 15.4. The average Bonchev–Trinajstić information content (AvgIpc) is 2.66. The van der Waals surface area contributed by atoms with Gasteiger partial charge in [-0.25, -0.2) is 9.97 Å². The molecule has 0 unspecified atom stereocenters. The molecule has 134 valence electrons. The highest BCUT2D eigenvalue weighted by Crippen LogP contribution is 2.18. The molecule has 1 aliphatic rings. The van der Waals surface area contributed by atoms with E-state index in [0.29, 0.717) is 0 Å². The minimum absolute atomic E-state index is 0.834. The highest BCUT2D eigenvalue weighted by atomic mass is 15.3. The van der Waals surface area contributed by atoms with E-state index in [-0.39, 0.29) is 0 Å². The molecule has 3 rings (SSSR count). The van der Waals surface area contributed by atoms with Gasteiger partial charge in [0.25, 0.3) is 0 Å². The molecule has 0 radical (unpaired) electrons. The zero-order chi connectivity index (χ0) is 17.5. The minimum atomic E-state index is 0.834. The number of aryl methyl sites for hydroxylation is 2. The number of piperazine rings is 1. The van der Waals surface area contributed by atoms with Crippen molar-refractivity contribution in [2.75, 3.05) is 49.5 Å². The monoisotopic (exact) mass is 339 g/mol. The lowest BCUT2D eigenvalue weighted by atomic mass is 10.1. The summed E-state index contributed by atoms with van der Waals surface area (Å²) in [6.45, 7) is 10.6. The molecular formula is C20H29N5. The number of aromatic nitrogens is 2. The molecule has 25 heavy (non-hydrogen) atoms. The second-order valence-corrected chi connectivity index (χ2v) is 6.60. The molecule has 1 aromatic heterocycles. The lowest BCUT2D eigenvalue weighted by molar-refractivity contribution is 0.270. The Morgan fingerprint density at radius 1 is 1.04 bits per heavy atom. The first kappa shape index (κ1) is 17.7. The maximum atomic E-state index is 4.64. The van der Waals surface area contributed by atoms with Crippen molar-refractivity contribution in [1.29, 1.82) is 0 Å². The Morgan fingerprint density at radius 2 is 1.80 bits per heavy atom. The summed E-state index contributed by atoms with van der Waals surface area (Å²) >= 11 is 0. The summed E-state index contributed by atoms with van der Waals surface area (Å²) in [6.07, 6.45) is 2.18. The third-order valence-electron chi connectivity index (χ3n) is 4.76. The van der Waals surface area contributed by atoms with Crippen LogP contribution in [0, 0.1) is 6.92 Å². The number of rotatable bonds is 7. The van der Waals surface area contributed by atoms with Gasteiger partial charge in [0.05, 0.1) is 0 Å². The van der Waals surface area contributed by atoms with E-state index in [2.05, 4.69) is 68.4 Å². The highest BCUT2D eigenvalue weighted by molar-refractivity contribution is 5.49. The first-order valence-corrected chi connectivity index (χ1v) is 9.35. The van der Waals surface area contributed by atoms with Crippen LogP contribution in [0.3, 0.4) is 0 Å². The number of hydrogen-bond donors (Lipinski definition) is 1. The predicted octanol–water partition coefficient (Wildman–Crippen LogP) is 2.97. The van der Waals surface area contributed by atoms with E-state index < -0.39 is 0 Å². The van der Waals surface area contributed by atoms with Gasteiger partial charge < -0.3 is 15.1 Å². The van der Waals surface area contributed by atoms with E-state index in [1.165, 1.54) is 5.56 Å². The third kappa shape index (κ3) is 5.16. The van der Waals surface area contributed by atoms with E-state index in [9.17, 15) is 0 Å². The summed E-state index contributed by atoms with van der Waals surface area (Å²) in [6, 6.07) is 12.7. The van der Waals surface area contributed by atoms with Crippen molar-refractivity contribution in [3.63, 3.8) is 0 Å². The van der Waals surface area contributed by atoms with Crippen LogP contribution in [0.25, 0.3) is 0 Å². The van der Waals surface area contributed by atoms with Gasteiger partial charge in [-0.1, -0.05) is 37.3 Å². The molecule has 2 heterocycles. The molecule has 1 fully saturated rings. The van der Waals surface area contributed by atoms with Gasteiger partial charge in [-0.2, -0.15) is 0 Å². The van der Waals surface area contributed by atoms with E-state index in [0.717, 1.165) is 69.6 Å². The predicted molar refractivity (Wildman–Crippen MR) is 104 cm³/mol. The van der Waals surface area contributed by atoms with Gasteiger partial charge in [0.15, 0.2) is 0 Å². The fourth-order valence-electron chi connectivity index (χ4n) is 3.25. The lowest BCUT2D eigenvalue weighted by Crippen LogP contribution is -2.46. The van der Waals surface area contributed by atoms with Crippen LogP contribution in [0.1, 0.15) is 24.7 Å². The van der Waals surface area contributed by atoms with Crippen LogP contribution in [-0.4, -0.2) is 54.1 Å². The highest BCUT2D eigenvalue weighted by Gasteiger charge is 2.17. The van der Waals surface area contributed by atoms with Crippen molar-refractivity contribution in [2.45, 2.75) is 26.7 Å². The zero-order valence-electron chi connectivity index (χ0n) is 15.4. The fraction of sp³-hybridized carbons (Fsp3) is 0.500. The fourth-order valence-corrected chi connectivity index (χ4v) is 3.25. The molecular weight excluding hydrogens is 310 g/mol. The molecule has 2 aromatic rings. The van der Waals surface area contributed by atoms with Gasteiger partial charge in [0.2, 0.25) is 0 Å². The molecule has 0 aliphatic carbocycles. The summed E-state index contributed by atoms with van der Waals surface area (Å²) in [7, 11) is 0. The van der Waals surface area contributed by atoms with Crippen LogP contribution in [0.15, 0.2) is 36.4 Å². The average molecular weight is 339 g/mol. The second kappa shape index (κ2) is 8.81. The molecule has 1 N–H and O–H groups in total. The number of nitrogens with one attached hydrogen (secondary N) is 1. The molecule has 5 heteroatoms. The van der Waals surface area contributed by atoms with Crippen molar-refractivity contribution >= 4 is 11.6 Å². The number of nitrogens with zero attached hydrogens (tertiary/aromatic N) is 4. The van der Waals surface area contributed by atoms with Crippen molar-refractivity contribution in [1.82, 2.24) is 14.9 Å². The third-order valence-corrected chi connectivity index (χ3v) is 4.76. The minimum Gasteiger partial charge on any atom is -0.370 e. The first-order valence-electron chi connectivity index (χ1n) is 9.35. The smallest absolute Gasteiger partial charge is 0.134 e. The number of likely N-dealkylation sites (N-methyl/N-ethyl adjacent to an activating group) is 1. The lowest BCUT2D eigenvalue weighted by Gasteiger charge is -2.34. The number of anilines is 2. The molecule has 0 amide bonds. The molecule has 0 spiro atoms. The molecule has 5 nitrogen and oxygen atoms in total. The first-order chi connectivity index (χ1) is 12.2. The van der Waals surface area contributed by atoms with Crippen LogP contribution in [0.5, 0.6) is 0 Å². The van der Waals surface area contributed by atoms with Crippen molar-refractivity contribution in [3.8, 4) is 0 Å². The number of benzene rings is 1. The zero-order valence-corrected chi connectivity index (χ0v) is 15.4. The Balaban J connectivity index is 1.53. The summed E-state index contributed by atoms with van der Waals surface area (Å²) in [5.41, 5.74) is 1.39. The summed E-state index contributed by atoms with van der Waals surface area (Å²) in [4.78, 5) is 14.0. The van der Waals surface area contributed by atoms with Gasteiger partial charge in [-0.3, -0.25) is 0 Å². The molecule has 1 saturated heterocycles. The van der Waals surface area contributed by atoms with Gasteiger partial charge in [0.1, 0.15) is 17.5 Å². The largest absolute Gasteiger partial charge is 0.370 e. The molecule has 1 aromatic carbocycles. The van der Waals surface area contributed by atoms with Crippen LogP contribution in [-0.2, 0) is 6.42 Å². The molecule has 0 saturated carbocycles. The maximum Gasteiger partial charge on any atom is 0.134 e. The molecule has 0 bridgehead atoms. The molecule has 0 atom stereocenters. The van der Waals surface area contributed by atoms with E-state index in [1.54, 1.807) is 0 Å². The van der Waals surface area contributed by atoms with Gasteiger partial charge in [-0.15, -0.1) is 0 Å². The topological polar surface area (TPSA) is 44.3 Å². The van der Waals surface area contributed by atoms with Gasteiger partial charge >= 0.3 is 0 Å². The summed E-state index contributed by atoms with van der Waals surface area (Å²) in [5, 5.41) is 3.47. The molecule has 1 aliphatic heterocycles. The van der Waals surface area contributed by atoms with Crippen molar-refractivity contribution < 1.29 is 0 Å². The van der Waals surface area contributed by atoms with E-state index in [4.69, 9.17) is 0 Å². The maximum absolute atomic E-state index is 4.64. The van der Waals surface area contributed by atoms with Crippen molar-refractivity contribution in [3.05, 3.63) is 47.8 Å². The van der Waals surface area contributed by atoms with Gasteiger partial charge in [-0.05, 0) is 31.9 Å². The SMILES string of the molecule is CCN1CCN(c2cc(NCCCc3ccccc3)nc(C)n2)CC1. The Morgan fingerprint density at radius 3 is 2.52 bits per heavy atom. The number of hydrogen-bond acceptors (Lipinski definition) is 5. The van der Waals surface area contributed by atoms with Crippen LogP contribution < -0.4 is 10.2 Å². The Kier molecular flexibility index (Phi) is 6.23. The summed E-state index contributed by atoms with van der Waals surface area (Å²) in [5.74, 6) is 2.82. The van der Waals surface area contributed by atoms with Crippen LogP contribution in [0.4, 0.5) is 11.6 Å². The van der Waals surface area contributed by atoms with E-state index >= 15 is 0 Å².